The largest absolute Gasteiger partial charge is 0.454 e. The van der Waals surface area contributed by atoms with Crippen LogP contribution in [0.15, 0.2) is 24.5 Å². The van der Waals surface area contributed by atoms with E-state index < -0.39 is 0 Å². The third-order valence-corrected chi connectivity index (χ3v) is 6.78. The Bertz CT molecular complexity index is 1130. The molecule has 0 spiro atoms. The molecule has 4 heterocycles. The van der Waals surface area contributed by atoms with E-state index in [2.05, 4.69) is 74.8 Å². The molecular weight excluding hydrogens is 444 g/mol. The summed E-state index contributed by atoms with van der Waals surface area (Å²) >= 11 is 0. The highest BCUT2D eigenvalue weighted by atomic mass is 16.7. The monoisotopic (exact) mass is 480 g/mol. The van der Waals surface area contributed by atoms with Crippen LogP contribution < -0.4 is 19.7 Å². The van der Waals surface area contributed by atoms with E-state index >= 15 is 0 Å². The van der Waals surface area contributed by atoms with Crippen LogP contribution in [0.5, 0.6) is 11.5 Å². The number of imidazole rings is 1. The topological polar surface area (TPSA) is 94.7 Å². The van der Waals surface area contributed by atoms with Crippen LogP contribution in [0.1, 0.15) is 33.3 Å². The summed E-state index contributed by atoms with van der Waals surface area (Å²) in [5.41, 5.74) is 2.81. The van der Waals surface area contributed by atoms with Crippen molar-refractivity contribution in [3.05, 3.63) is 30.1 Å². The van der Waals surface area contributed by atoms with Gasteiger partial charge >= 0.3 is 0 Å². The van der Waals surface area contributed by atoms with Gasteiger partial charge in [-0.3, -0.25) is 9.80 Å². The number of piperazine rings is 1. The molecule has 0 aliphatic carbocycles. The fourth-order valence-electron chi connectivity index (χ4n) is 4.93. The number of nitrogens with zero attached hydrogens (tertiary/aromatic N) is 6. The summed E-state index contributed by atoms with van der Waals surface area (Å²) < 4.78 is 10.9. The standard InChI is InChI=1S/C25H36N8O2/c1-17(2)33(18(3)4)8-7-26-23-22-24(28-15-27-23)30-25(29-22)32-11-9-31(10-12-32)14-19-5-6-20-21(13-19)35-16-34-20/h5-6,13,15,17-18H,7-12,14,16H2,1-4H3,(H2,26,27,28,29,30). The van der Waals surface area contributed by atoms with Gasteiger partial charge in [0.2, 0.25) is 12.7 Å². The summed E-state index contributed by atoms with van der Waals surface area (Å²) in [4.78, 5) is 24.3. The number of hydrogen-bond acceptors (Lipinski definition) is 9. The first-order valence-corrected chi connectivity index (χ1v) is 12.5. The van der Waals surface area contributed by atoms with Gasteiger partial charge in [-0.2, -0.15) is 4.98 Å². The minimum atomic E-state index is 0.310. The molecule has 0 bridgehead atoms. The number of fused-ring (bicyclic) bond motifs is 2. The molecule has 2 N–H and O–H groups in total. The number of aromatic nitrogens is 4. The molecule has 5 rings (SSSR count). The molecule has 0 unspecified atom stereocenters. The first-order chi connectivity index (χ1) is 17.0. The molecule has 1 aromatic carbocycles. The molecule has 2 aliphatic rings. The van der Waals surface area contributed by atoms with Gasteiger partial charge in [0.05, 0.1) is 0 Å². The van der Waals surface area contributed by atoms with E-state index in [1.54, 1.807) is 6.33 Å². The summed E-state index contributed by atoms with van der Waals surface area (Å²) in [7, 11) is 0. The predicted octanol–water partition coefficient (Wildman–Crippen LogP) is 2.93. The summed E-state index contributed by atoms with van der Waals surface area (Å²) in [5.74, 6) is 3.34. The van der Waals surface area contributed by atoms with E-state index in [-0.39, 0.29) is 0 Å². The molecule has 10 nitrogen and oxygen atoms in total. The van der Waals surface area contributed by atoms with Crippen molar-refractivity contribution in [3.8, 4) is 11.5 Å². The third-order valence-electron chi connectivity index (χ3n) is 6.78. The maximum absolute atomic E-state index is 5.52. The minimum Gasteiger partial charge on any atom is -0.454 e. The van der Waals surface area contributed by atoms with Gasteiger partial charge in [0.1, 0.15) is 11.8 Å². The molecule has 188 valence electrons. The number of ether oxygens (including phenoxy) is 2. The van der Waals surface area contributed by atoms with E-state index in [1.807, 2.05) is 6.07 Å². The van der Waals surface area contributed by atoms with Crippen molar-refractivity contribution >= 4 is 22.9 Å². The zero-order valence-electron chi connectivity index (χ0n) is 21.1. The molecule has 2 aliphatic heterocycles. The van der Waals surface area contributed by atoms with Crippen LogP contribution in [0, 0.1) is 0 Å². The second-order valence-corrected chi connectivity index (χ2v) is 9.78. The molecule has 1 saturated heterocycles. The zero-order chi connectivity index (χ0) is 24.4. The maximum Gasteiger partial charge on any atom is 0.231 e. The van der Waals surface area contributed by atoms with Gasteiger partial charge in [-0.25, -0.2) is 9.97 Å². The first kappa shape index (κ1) is 23.6. The predicted molar refractivity (Wildman–Crippen MR) is 137 cm³/mol. The fraction of sp³-hybridized carbons (Fsp3) is 0.560. The summed E-state index contributed by atoms with van der Waals surface area (Å²) in [5, 5.41) is 3.49. The van der Waals surface area contributed by atoms with E-state index in [4.69, 9.17) is 14.5 Å². The highest BCUT2D eigenvalue weighted by Gasteiger charge is 2.22. The summed E-state index contributed by atoms with van der Waals surface area (Å²) in [6, 6.07) is 7.21. The molecule has 10 heteroatoms. The van der Waals surface area contributed by atoms with Crippen LogP contribution in [-0.4, -0.2) is 87.9 Å². The molecule has 35 heavy (non-hydrogen) atoms. The van der Waals surface area contributed by atoms with E-state index in [1.165, 1.54) is 5.56 Å². The van der Waals surface area contributed by atoms with Crippen molar-refractivity contribution in [3.63, 3.8) is 0 Å². The number of benzene rings is 1. The van der Waals surface area contributed by atoms with Crippen LogP contribution in [0.4, 0.5) is 11.8 Å². The number of rotatable bonds is 9. The molecule has 3 aromatic rings. The molecular formula is C25H36N8O2. The van der Waals surface area contributed by atoms with Gasteiger partial charge in [0.15, 0.2) is 23.0 Å². The van der Waals surface area contributed by atoms with E-state index in [0.29, 0.717) is 24.5 Å². The lowest BCUT2D eigenvalue weighted by Gasteiger charge is -2.34. The number of nitrogens with one attached hydrogen (secondary N) is 2. The van der Waals surface area contributed by atoms with Crippen molar-refractivity contribution in [2.24, 2.45) is 0 Å². The van der Waals surface area contributed by atoms with Gasteiger partial charge in [0, 0.05) is 57.9 Å². The minimum absolute atomic E-state index is 0.310. The lowest BCUT2D eigenvalue weighted by Crippen LogP contribution is -2.46. The van der Waals surface area contributed by atoms with E-state index in [0.717, 1.165) is 74.6 Å². The van der Waals surface area contributed by atoms with Crippen LogP contribution in [-0.2, 0) is 6.54 Å². The second kappa shape index (κ2) is 10.2. The zero-order valence-corrected chi connectivity index (χ0v) is 21.1. The van der Waals surface area contributed by atoms with Gasteiger partial charge in [-0.05, 0) is 45.4 Å². The van der Waals surface area contributed by atoms with Crippen LogP contribution in [0.3, 0.4) is 0 Å². The number of anilines is 2. The van der Waals surface area contributed by atoms with E-state index in [9.17, 15) is 0 Å². The SMILES string of the molecule is CC(C)N(CCNc1ncnc2nc(N3CCN(Cc4ccc5c(c4)OCO5)CC3)[nH]c12)C(C)C. The normalized spacial score (nSPS) is 16.3. The second-order valence-electron chi connectivity index (χ2n) is 9.78. The Kier molecular flexibility index (Phi) is 6.92. The van der Waals surface area contributed by atoms with Crippen LogP contribution in [0.25, 0.3) is 11.2 Å². The Morgan fingerprint density at radius 1 is 1.03 bits per heavy atom. The van der Waals surface area contributed by atoms with Gasteiger partial charge in [-0.15, -0.1) is 0 Å². The number of aromatic amines is 1. The van der Waals surface area contributed by atoms with Crippen LogP contribution in [0.2, 0.25) is 0 Å². The lowest BCUT2D eigenvalue weighted by atomic mass is 10.1. The number of hydrogen-bond donors (Lipinski definition) is 2. The van der Waals surface area contributed by atoms with Gasteiger partial charge in [0.25, 0.3) is 0 Å². The highest BCUT2D eigenvalue weighted by Crippen LogP contribution is 2.33. The summed E-state index contributed by atoms with van der Waals surface area (Å²) in [6.07, 6.45) is 1.58. The molecule has 1 fully saturated rings. The Morgan fingerprint density at radius 2 is 1.80 bits per heavy atom. The Labute approximate surface area is 206 Å². The van der Waals surface area contributed by atoms with Crippen LogP contribution >= 0.6 is 0 Å². The first-order valence-electron chi connectivity index (χ1n) is 12.5. The lowest BCUT2D eigenvalue weighted by molar-refractivity contribution is 0.174. The van der Waals surface area contributed by atoms with Crippen molar-refractivity contribution in [1.29, 1.82) is 0 Å². The smallest absolute Gasteiger partial charge is 0.231 e. The van der Waals surface area contributed by atoms with Gasteiger partial charge in [-0.1, -0.05) is 6.07 Å². The molecule has 0 amide bonds. The summed E-state index contributed by atoms with van der Waals surface area (Å²) in [6.45, 7) is 15.6. The average Bonchev–Trinajstić information content (AvgIpc) is 3.49. The molecule has 0 saturated carbocycles. The molecule has 0 radical (unpaired) electrons. The van der Waals surface area contributed by atoms with Gasteiger partial charge < -0.3 is 24.7 Å². The van der Waals surface area contributed by atoms with Crippen molar-refractivity contribution in [1.82, 2.24) is 29.7 Å². The third kappa shape index (κ3) is 5.28. The Hall–Kier alpha value is -3.11. The Balaban J connectivity index is 1.18. The van der Waals surface area contributed by atoms with Crippen molar-refractivity contribution < 1.29 is 9.47 Å². The fourth-order valence-corrected chi connectivity index (χ4v) is 4.93. The van der Waals surface area contributed by atoms with Crippen molar-refractivity contribution in [2.45, 2.75) is 46.3 Å². The highest BCUT2D eigenvalue weighted by molar-refractivity contribution is 5.84. The molecule has 0 atom stereocenters. The maximum atomic E-state index is 5.52. The van der Waals surface area contributed by atoms with Crippen molar-refractivity contribution in [2.75, 3.05) is 56.3 Å². The molecule has 2 aromatic heterocycles. The number of H-pyrrole nitrogens is 1. The average molecular weight is 481 g/mol. The quantitative estimate of drug-likeness (QED) is 0.479. The Morgan fingerprint density at radius 3 is 2.57 bits per heavy atom.